The summed E-state index contributed by atoms with van der Waals surface area (Å²) < 4.78 is 71.6. The molecule has 0 aromatic carbocycles. The second-order valence-electron chi connectivity index (χ2n) is 13.8. The summed E-state index contributed by atoms with van der Waals surface area (Å²) in [4.78, 5) is 55.4. The molecule has 2 heterocycles. The first kappa shape index (κ1) is 36.0. The first-order valence-corrected chi connectivity index (χ1v) is 17.3. The molecule has 0 bridgehead atoms. The predicted molar refractivity (Wildman–Crippen MR) is 159 cm³/mol. The van der Waals surface area contributed by atoms with Crippen molar-refractivity contribution in [3.8, 4) is 0 Å². The average molecular weight is 679 g/mol. The van der Waals surface area contributed by atoms with Gasteiger partial charge in [-0.25, -0.2) is 13.2 Å². The van der Waals surface area contributed by atoms with Crippen LogP contribution in [0.5, 0.6) is 0 Å². The highest BCUT2D eigenvalue weighted by Gasteiger charge is 2.63. The quantitative estimate of drug-likeness (QED) is 0.298. The van der Waals surface area contributed by atoms with Gasteiger partial charge in [0.15, 0.2) is 0 Å². The fraction of sp³-hybridized carbons (Fsp3) is 0.800. The maximum absolute atomic E-state index is 14.1. The zero-order chi connectivity index (χ0) is 34.3. The van der Waals surface area contributed by atoms with E-state index in [0.29, 0.717) is 46.0 Å². The Balaban J connectivity index is 1.62. The number of carbonyl (C=O) groups excluding carboxylic acids is 4. The van der Waals surface area contributed by atoms with Crippen LogP contribution in [0.2, 0.25) is 0 Å². The van der Waals surface area contributed by atoms with Gasteiger partial charge in [0.05, 0.1) is 6.61 Å². The van der Waals surface area contributed by atoms with Gasteiger partial charge in [-0.2, -0.15) is 13.2 Å². The van der Waals surface area contributed by atoms with Crippen LogP contribution < -0.4 is 15.4 Å². The van der Waals surface area contributed by atoms with E-state index in [1.54, 1.807) is 13.0 Å². The van der Waals surface area contributed by atoms with Crippen molar-refractivity contribution in [3.05, 3.63) is 12.2 Å². The molecule has 3 fully saturated rings. The minimum Gasteiger partial charge on any atom is -0.434 e. The maximum Gasteiger partial charge on any atom is 0.427 e. The molecule has 2 aliphatic heterocycles. The molecule has 4 N–H and O–H groups in total. The lowest BCUT2D eigenvalue weighted by atomic mass is 9.85. The predicted octanol–water partition coefficient (Wildman–Crippen LogP) is 2.66. The molecular formula is C30H45F3N4O8S. The van der Waals surface area contributed by atoms with Crippen LogP contribution in [0.15, 0.2) is 12.2 Å². The number of amides is 4. The smallest absolute Gasteiger partial charge is 0.427 e. The highest BCUT2D eigenvalue weighted by molar-refractivity contribution is 7.91. The second-order valence-corrected chi connectivity index (χ2v) is 15.8. The first-order chi connectivity index (χ1) is 21.3. The Labute approximate surface area is 267 Å². The number of halogens is 3. The fourth-order valence-electron chi connectivity index (χ4n) is 6.38. The third-order valence-corrected chi connectivity index (χ3v) is 12.1. The molecule has 12 nitrogen and oxygen atoms in total. The topological polar surface area (TPSA) is 171 Å². The van der Waals surface area contributed by atoms with E-state index in [2.05, 4.69) is 15.4 Å². The number of nitrogens with one attached hydrogen (secondary N) is 3. The Morgan fingerprint density at radius 2 is 1.87 bits per heavy atom. The van der Waals surface area contributed by atoms with Crippen LogP contribution in [0.3, 0.4) is 0 Å². The summed E-state index contributed by atoms with van der Waals surface area (Å²) in [6, 6.07) is -2.36. The van der Waals surface area contributed by atoms with Crippen molar-refractivity contribution in [3.63, 3.8) is 0 Å². The normalized spacial score (nSPS) is 32.5. The van der Waals surface area contributed by atoms with Crippen molar-refractivity contribution in [2.75, 3.05) is 13.2 Å². The summed E-state index contributed by atoms with van der Waals surface area (Å²) in [5, 5.41) is 14.7. The molecule has 4 aliphatic rings. The molecule has 1 saturated heterocycles. The number of ether oxygens (including phenoxy) is 1. The van der Waals surface area contributed by atoms with Crippen molar-refractivity contribution >= 4 is 33.8 Å². The van der Waals surface area contributed by atoms with E-state index in [1.807, 2.05) is 13.0 Å². The molecule has 0 spiro atoms. The molecule has 0 aromatic rings. The maximum atomic E-state index is 14.1. The number of allylic oxidation sites excluding steroid dienone is 1. The standard InChI is InChI=1S/C30H45F3N4O8S/c1-5-19-15-18(2)9-6-7-10-20-16-29(20,25(41)36-46(43,44)28(17-38)12-13-28)35-23(39)21-11-8-14-37(21)24(40)22(19)34-26(42)45-27(3,4)30(31,32)33/h7,10,18-22,38H,5-6,8-9,11-17H2,1-4H3,(H,34,42)(H,35,39)(H,36,41)/b10-7-/t18-,19-,20?,21+,22+,29-/m1/s1. The van der Waals surface area contributed by atoms with Crippen LogP contribution >= 0.6 is 0 Å². The van der Waals surface area contributed by atoms with E-state index < -0.39 is 86.4 Å². The number of sulfonamides is 1. The lowest BCUT2D eigenvalue weighted by Gasteiger charge is -2.35. The van der Waals surface area contributed by atoms with Crippen LogP contribution in [0.1, 0.15) is 85.5 Å². The number of alkyl carbamates (subject to hydrolysis) is 1. The van der Waals surface area contributed by atoms with Crippen molar-refractivity contribution in [1.29, 1.82) is 0 Å². The third kappa shape index (κ3) is 7.16. The summed E-state index contributed by atoms with van der Waals surface area (Å²) in [6.45, 7) is 4.65. The van der Waals surface area contributed by atoms with Crippen molar-refractivity contribution in [2.24, 2.45) is 17.8 Å². The van der Waals surface area contributed by atoms with Gasteiger partial charge in [0.2, 0.25) is 27.4 Å². The second kappa shape index (κ2) is 13.0. The average Bonchev–Trinajstić information content (AvgIpc) is 3.85. The van der Waals surface area contributed by atoms with Gasteiger partial charge >= 0.3 is 12.3 Å². The largest absolute Gasteiger partial charge is 0.434 e. The molecular weight excluding hydrogens is 633 g/mol. The molecule has 1 unspecified atom stereocenters. The molecule has 6 atom stereocenters. The Morgan fingerprint density at radius 1 is 1.20 bits per heavy atom. The van der Waals surface area contributed by atoms with E-state index in [1.165, 1.54) is 4.90 Å². The van der Waals surface area contributed by atoms with Gasteiger partial charge in [0.1, 0.15) is 22.4 Å². The SMILES string of the molecule is CC[C@@H]1C[C@H](C)CC/C=C\C2C[C@@]2(C(=O)NS(=O)(=O)C2(CO)CC2)NC(=O)[C@@H]2CCCN2C(=O)[C@H]1NC(=O)OC(C)(C)C(F)(F)F. The van der Waals surface area contributed by atoms with Crippen LogP contribution in [0, 0.1) is 17.8 Å². The number of aliphatic hydroxyl groups is 1. The van der Waals surface area contributed by atoms with Gasteiger partial charge in [-0.15, -0.1) is 0 Å². The highest BCUT2D eigenvalue weighted by atomic mass is 32.2. The molecule has 4 rings (SSSR count). The summed E-state index contributed by atoms with van der Waals surface area (Å²) in [7, 11) is -4.24. The van der Waals surface area contributed by atoms with E-state index in [9.17, 15) is 45.9 Å². The number of alkyl halides is 3. The van der Waals surface area contributed by atoms with Crippen LogP contribution in [0.25, 0.3) is 0 Å². The summed E-state index contributed by atoms with van der Waals surface area (Å²) in [5.74, 6) is -3.23. The molecule has 16 heteroatoms. The molecule has 0 radical (unpaired) electrons. The molecule has 2 aliphatic carbocycles. The van der Waals surface area contributed by atoms with E-state index in [4.69, 9.17) is 4.74 Å². The van der Waals surface area contributed by atoms with Crippen LogP contribution in [0.4, 0.5) is 18.0 Å². The van der Waals surface area contributed by atoms with Gasteiger partial charge in [0, 0.05) is 12.5 Å². The number of carbonyl (C=O) groups is 4. The Hall–Kier alpha value is -2.88. The zero-order valence-corrected chi connectivity index (χ0v) is 27.4. The number of nitrogens with zero attached hydrogens (tertiary/aromatic N) is 1. The number of aliphatic hydroxyl groups excluding tert-OH is 1. The lowest BCUT2D eigenvalue weighted by molar-refractivity contribution is -0.244. The van der Waals surface area contributed by atoms with Gasteiger partial charge in [-0.05, 0) is 77.0 Å². The first-order valence-electron chi connectivity index (χ1n) is 15.9. The summed E-state index contributed by atoms with van der Waals surface area (Å²) >= 11 is 0. The molecule has 0 aromatic heterocycles. The van der Waals surface area contributed by atoms with Gasteiger partial charge in [-0.3, -0.25) is 19.1 Å². The Morgan fingerprint density at radius 3 is 2.46 bits per heavy atom. The van der Waals surface area contributed by atoms with Crippen molar-refractivity contribution in [2.45, 2.75) is 120 Å². The fourth-order valence-corrected chi connectivity index (χ4v) is 7.83. The van der Waals surface area contributed by atoms with Gasteiger partial charge in [0.25, 0.3) is 5.91 Å². The van der Waals surface area contributed by atoms with E-state index in [0.717, 1.165) is 0 Å². The lowest BCUT2D eigenvalue weighted by Crippen LogP contribution is -2.60. The van der Waals surface area contributed by atoms with Crippen LogP contribution in [-0.2, 0) is 29.1 Å². The van der Waals surface area contributed by atoms with Crippen molar-refractivity contribution < 1.29 is 50.6 Å². The number of fused-ring (bicyclic) bond motifs is 2. The number of rotatable bonds is 7. The number of hydrogen-bond donors (Lipinski definition) is 4. The third-order valence-electron chi connectivity index (χ3n) is 9.96. The summed E-state index contributed by atoms with van der Waals surface area (Å²) in [5.41, 5.74) is -4.41. The van der Waals surface area contributed by atoms with E-state index in [-0.39, 0.29) is 38.1 Å². The van der Waals surface area contributed by atoms with Gasteiger partial charge < -0.3 is 25.4 Å². The van der Waals surface area contributed by atoms with Crippen molar-refractivity contribution in [1.82, 2.24) is 20.3 Å². The summed E-state index contributed by atoms with van der Waals surface area (Å²) in [6.07, 6.45) is 0.562. The molecule has 46 heavy (non-hydrogen) atoms. The monoisotopic (exact) mass is 678 g/mol. The number of hydrogen-bond acceptors (Lipinski definition) is 8. The Bertz CT molecular complexity index is 1350. The molecule has 2 saturated carbocycles. The van der Waals surface area contributed by atoms with Gasteiger partial charge in [-0.1, -0.05) is 32.4 Å². The molecule has 4 amide bonds. The van der Waals surface area contributed by atoms with E-state index >= 15 is 0 Å². The minimum atomic E-state index is -4.86. The minimum absolute atomic E-state index is 0.0270. The highest BCUT2D eigenvalue weighted by Crippen LogP contribution is 2.47. The van der Waals surface area contributed by atoms with Crippen LogP contribution in [-0.4, -0.2) is 89.5 Å². The Kier molecular flexibility index (Phi) is 10.1. The molecule has 260 valence electrons. The zero-order valence-electron chi connectivity index (χ0n) is 26.6.